The number of hydrogen-bond donors (Lipinski definition) is 2. The molecule has 0 spiro atoms. The number of anilines is 2. The number of para-hydroxylation sites is 1. The number of carbonyl (C=O) groups excluding carboxylic acids is 2. The number of nitriles is 1. The van der Waals surface area contributed by atoms with Gasteiger partial charge in [-0.05, 0) is 49.6 Å². The lowest BCUT2D eigenvalue weighted by molar-refractivity contribution is -0.116. The summed E-state index contributed by atoms with van der Waals surface area (Å²) < 4.78 is 5.80. The normalized spacial score (nSPS) is 9.96. The predicted octanol–water partition coefficient (Wildman–Crippen LogP) is 3.95. The molecule has 0 fully saturated rings. The monoisotopic (exact) mass is 365 g/mol. The first-order valence-corrected chi connectivity index (χ1v) is 8.75. The lowest BCUT2D eigenvalue weighted by Gasteiger charge is -2.12. The van der Waals surface area contributed by atoms with Gasteiger partial charge >= 0.3 is 0 Å². The Morgan fingerprint density at radius 3 is 2.22 bits per heavy atom. The van der Waals surface area contributed by atoms with Gasteiger partial charge in [-0.1, -0.05) is 24.3 Å². The molecule has 140 valence electrons. The van der Waals surface area contributed by atoms with E-state index in [0.29, 0.717) is 30.8 Å². The number of nitrogens with one attached hydrogen (secondary N) is 2. The zero-order valence-electron chi connectivity index (χ0n) is 15.5. The third-order valence-corrected chi connectivity index (χ3v) is 3.87. The average Bonchev–Trinajstić information content (AvgIpc) is 2.61. The van der Waals surface area contributed by atoms with Crippen LogP contribution in [0, 0.1) is 25.2 Å². The summed E-state index contributed by atoms with van der Waals surface area (Å²) in [5.41, 5.74) is 3.28. The molecule has 6 nitrogen and oxygen atoms in total. The summed E-state index contributed by atoms with van der Waals surface area (Å²) in [6, 6.07) is 14.6. The second kappa shape index (κ2) is 9.97. The van der Waals surface area contributed by atoms with Crippen LogP contribution in [0.5, 0.6) is 5.75 Å². The molecule has 2 rings (SSSR count). The molecule has 2 N–H and O–H groups in total. The van der Waals surface area contributed by atoms with Gasteiger partial charge in [0.1, 0.15) is 12.2 Å². The maximum absolute atomic E-state index is 12.1. The lowest BCUT2D eigenvalue weighted by Crippen LogP contribution is -2.14. The maximum Gasteiger partial charge on any atom is 0.238 e. The first-order chi connectivity index (χ1) is 13.0. The van der Waals surface area contributed by atoms with Gasteiger partial charge in [-0.3, -0.25) is 9.59 Å². The first-order valence-electron chi connectivity index (χ1n) is 8.75. The van der Waals surface area contributed by atoms with Crippen molar-refractivity contribution in [1.82, 2.24) is 0 Å². The standard InChI is InChI=1S/C21H23N3O3/c1-15-6-3-7-16(2)21(15)27-13-5-10-19(25)23-17-8-4-9-18(14-17)24-20(26)11-12-22/h3-4,6-9,14H,5,10-11,13H2,1-2H3,(H,23,25)(H,24,26). The SMILES string of the molecule is Cc1cccc(C)c1OCCCC(=O)Nc1cccc(NC(=O)CC#N)c1. The fourth-order valence-corrected chi connectivity index (χ4v) is 2.61. The van der Waals surface area contributed by atoms with Crippen LogP contribution in [0.2, 0.25) is 0 Å². The van der Waals surface area contributed by atoms with Crippen molar-refractivity contribution in [2.45, 2.75) is 33.1 Å². The molecular formula is C21H23N3O3. The minimum Gasteiger partial charge on any atom is -0.493 e. The molecule has 0 aliphatic heterocycles. The molecule has 2 aromatic carbocycles. The Morgan fingerprint density at radius 1 is 1.00 bits per heavy atom. The second-order valence-corrected chi connectivity index (χ2v) is 6.18. The van der Waals surface area contributed by atoms with Crippen LogP contribution in [-0.4, -0.2) is 18.4 Å². The Labute approximate surface area is 159 Å². The van der Waals surface area contributed by atoms with E-state index in [9.17, 15) is 9.59 Å². The minimum atomic E-state index is -0.385. The Hall–Kier alpha value is -3.33. The smallest absolute Gasteiger partial charge is 0.238 e. The van der Waals surface area contributed by atoms with Crippen molar-refractivity contribution in [3.8, 4) is 11.8 Å². The first kappa shape index (κ1) is 20.0. The molecule has 0 unspecified atom stereocenters. The molecule has 2 amide bonds. The minimum absolute atomic E-state index is 0.124. The average molecular weight is 365 g/mol. The van der Waals surface area contributed by atoms with Crippen LogP contribution < -0.4 is 15.4 Å². The van der Waals surface area contributed by atoms with Crippen molar-refractivity contribution < 1.29 is 14.3 Å². The van der Waals surface area contributed by atoms with Crippen molar-refractivity contribution >= 4 is 23.2 Å². The molecule has 0 aromatic heterocycles. The number of aryl methyl sites for hydroxylation is 2. The van der Waals surface area contributed by atoms with Gasteiger partial charge in [0.15, 0.2) is 0 Å². The van der Waals surface area contributed by atoms with Gasteiger partial charge in [-0.25, -0.2) is 0 Å². The molecule has 6 heteroatoms. The molecule has 0 aliphatic rings. The van der Waals surface area contributed by atoms with Crippen molar-refractivity contribution in [2.75, 3.05) is 17.2 Å². The Kier molecular flexibility index (Phi) is 7.38. The van der Waals surface area contributed by atoms with Gasteiger partial charge in [0.2, 0.25) is 11.8 Å². The Bertz CT molecular complexity index is 836. The molecule has 0 saturated carbocycles. The zero-order valence-corrected chi connectivity index (χ0v) is 15.5. The largest absolute Gasteiger partial charge is 0.493 e. The van der Waals surface area contributed by atoms with E-state index in [-0.39, 0.29) is 18.2 Å². The number of hydrogen-bond acceptors (Lipinski definition) is 4. The van der Waals surface area contributed by atoms with Crippen LogP contribution in [0.15, 0.2) is 42.5 Å². The zero-order chi connectivity index (χ0) is 19.6. The molecule has 0 heterocycles. The lowest BCUT2D eigenvalue weighted by atomic mass is 10.1. The Balaban J connectivity index is 1.79. The van der Waals surface area contributed by atoms with Gasteiger partial charge in [-0.2, -0.15) is 5.26 Å². The number of ether oxygens (including phenoxy) is 1. The molecule has 0 bridgehead atoms. The quantitative estimate of drug-likeness (QED) is 0.693. The van der Waals surface area contributed by atoms with Gasteiger partial charge in [-0.15, -0.1) is 0 Å². The van der Waals surface area contributed by atoms with Crippen molar-refractivity contribution in [2.24, 2.45) is 0 Å². The molecule has 0 radical (unpaired) electrons. The van der Waals surface area contributed by atoms with Crippen LogP contribution in [-0.2, 0) is 9.59 Å². The van der Waals surface area contributed by atoms with E-state index in [2.05, 4.69) is 10.6 Å². The fourth-order valence-electron chi connectivity index (χ4n) is 2.61. The molecule has 0 atom stereocenters. The Morgan fingerprint density at radius 2 is 1.59 bits per heavy atom. The predicted molar refractivity (Wildman–Crippen MR) is 105 cm³/mol. The fraction of sp³-hybridized carbons (Fsp3) is 0.286. The number of amides is 2. The molecule has 27 heavy (non-hydrogen) atoms. The summed E-state index contributed by atoms with van der Waals surface area (Å²) in [6.07, 6.45) is 0.713. The third kappa shape index (κ3) is 6.48. The summed E-state index contributed by atoms with van der Waals surface area (Å²) in [4.78, 5) is 23.5. The van der Waals surface area contributed by atoms with Crippen LogP contribution in [0.3, 0.4) is 0 Å². The van der Waals surface area contributed by atoms with Crippen molar-refractivity contribution in [1.29, 1.82) is 5.26 Å². The van der Waals surface area contributed by atoms with E-state index < -0.39 is 0 Å². The highest BCUT2D eigenvalue weighted by atomic mass is 16.5. The summed E-state index contributed by atoms with van der Waals surface area (Å²) in [5, 5.41) is 13.9. The number of rotatable bonds is 8. The van der Waals surface area contributed by atoms with E-state index in [4.69, 9.17) is 10.00 Å². The number of nitrogens with zero attached hydrogens (tertiary/aromatic N) is 1. The summed E-state index contributed by atoms with van der Waals surface area (Å²) in [7, 11) is 0. The molecule has 2 aromatic rings. The highest BCUT2D eigenvalue weighted by Gasteiger charge is 2.07. The van der Waals surface area contributed by atoms with Crippen molar-refractivity contribution in [3.63, 3.8) is 0 Å². The van der Waals surface area contributed by atoms with E-state index in [1.54, 1.807) is 30.3 Å². The summed E-state index contributed by atoms with van der Waals surface area (Å²) in [5.74, 6) is 0.365. The van der Waals surface area contributed by atoms with Gasteiger partial charge in [0.25, 0.3) is 0 Å². The van der Waals surface area contributed by atoms with Gasteiger partial charge in [0.05, 0.1) is 12.7 Å². The number of benzene rings is 2. The van der Waals surface area contributed by atoms with E-state index in [0.717, 1.165) is 16.9 Å². The van der Waals surface area contributed by atoms with Crippen LogP contribution in [0.4, 0.5) is 11.4 Å². The maximum atomic E-state index is 12.1. The third-order valence-electron chi connectivity index (χ3n) is 3.87. The molecular weight excluding hydrogens is 342 g/mol. The van der Waals surface area contributed by atoms with E-state index in [1.807, 2.05) is 32.0 Å². The van der Waals surface area contributed by atoms with Crippen molar-refractivity contribution in [3.05, 3.63) is 53.6 Å². The highest BCUT2D eigenvalue weighted by Crippen LogP contribution is 2.22. The van der Waals surface area contributed by atoms with E-state index in [1.165, 1.54) is 0 Å². The topological polar surface area (TPSA) is 91.2 Å². The molecule has 0 aliphatic carbocycles. The second-order valence-electron chi connectivity index (χ2n) is 6.18. The van der Waals surface area contributed by atoms with Gasteiger partial charge < -0.3 is 15.4 Å². The summed E-state index contributed by atoms with van der Waals surface area (Å²) >= 11 is 0. The highest BCUT2D eigenvalue weighted by molar-refractivity contribution is 5.94. The summed E-state index contributed by atoms with van der Waals surface area (Å²) in [6.45, 7) is 4.46. The number of carbonyl (C=O) groups is 2. The van der Waals surface area contributed by atoms with Gasteiger partial charge in [0, 0.05) is 17.8 Å². The van der Waals surface area contributed by atoms with Crippen LogP contribution in [0.1, 0.15) is 30.4 Å². The van der Waals surface area contributed by atoms with Crippen LogP contribution in [0.25, 0.3) is 0 Å². The van der Waals surface area contributed by atoms with Crippen LogP contribution >= 0.6 is 0 Å². The molecule has 0 saturated heterocycles. The van der Waals surface area contributed by atoms with E-state index >= 15 is 0 Å².